The zero-order valence-electron chi connectivity index (χ0n) is 9.86. The van der Waals surface area contributed by atoms with Gasteiger partial charge < -0.3 is 5.11 Å². The largest absolute Gasteiger partial charge is 0.476 e. The first kappa shape index (κ1) is 12.2. The average Bonchev–Trinajstić information content (AvgIpc) is 2.93. The van der Waals surface area contributed by atoms with Crippen LogP contribution in [0.15, 0.2) is 18.2 Å². The second-order valence-electron chi connectivity index (χ2n) is 4.44. The first-order valence-electron chi connectivity index (χ1n) is 5.87. The van der Waals surface area contributed by atoms with Crippen molar-refractivity contribution in [1.82, 2.24) is 9.78 Å². The van der Waals surface area contributed by atoms with Gasteiger partial charge in [0, 0.05) is 17.3 Å². The van der Waals surface area contributed by atoms with Gasteiger partial charge in [-0.1, -0.05) is 11.6 Å². The van der Waals surface area contributed by atoms with Crippen molar-refractivity contribution < 1.29 is 14.3 Å². The van der Waals surface area contributed by atoms with Crippen LogP contribution in [0.4, 0.5) is 4.39 Å². The first-order chi connectivity index (χ1) is 9.08. The lowest BCUT2D eigenvalue weighted by Gasteiger charge is -2.06. The van der Waals surface area contributed by atoms with E-state index >= 15 is 0 Å². The Morgan fingerprint density at radius 1 is 1.42 bits per heavy atom. The van der Waals surface area contributed by atoms with Crippen LogP contribution >= 0.6 is 11.6 Å². The Balaban J connectivity index is 2.18. The molecule has 0 radical (unpaired) electrons. The molecule has 0 aliphatic heterocycles. The van der Waals surface area contributed by atoms with Crippen LogP contribution in [0.5, 0.6) is 0 Å². The van der Waals surface area contributed by atoms with Gasteiger partial charge in [0.15, 0.2) is 5.69 Å². The third-order valence-corrected chi connectivity index (χ3v) is 3.59. The summed E-state index contributed by atoms with van der Waals surface area (Å²) in [5.41, 5.74) is 2.15. The lowest BCUT2D eigenvalue weighted by Crippen LogP contribution is -2.04. The molecule has 1 heterocycles. The minimum atomic E-state index is -1.05. The SMILES string of the molecule is O=C(O)c1nn(-c2ccc(Cl)c(F)c2)c2c1CCC2. The lowest BCUT2D eigenvalue weighted by atomic mass is 10.2. The number of aromatic nitrogens is 2. The number of aromatic carboxylic acids is 1. The highest BCUT2D eigenvalue weighted by Crippen LogP contribution is 2.28. The molecule has 0 amide bonds. The molecule has 19 heavy (non-hydrogen) atoms. The Morgan fingerprint density at radius 2 is 2.21 bits per heavy atom. The van der Waals surface area contributed by atoms with Gasteiger partial charge in [0.2, 0.25) is 0 Å². The molecule has 1 N–H and O–H groups in total. The second kappa shape index (κ2) is 4.35. The molecule has 0 atom stereocenters. The summed E-state index contributed by atoms with van der Waals surface area (Å²) >= 11 is 5.64. The van der Waals surface area contributed by atoms with Crippen molar-refractivity contribution in [2.75, 3.05) is 0 Å². The Kier molecular flexibility index (Phi) is 2.78. The molecule has 0 spiro atoms. The molecule has 1 aromatic heterocycles. The molecule has 1 aliphatic carbocycles. The normalized spacial score (nSPS) is 13.6. The van der Waals surface area contributed by atoms with Gasteiger partial charge in [0.25, 0.3) is 0 Å². The minimum Gasteiger partial charge on any atom is -0.476 e. The van der Waals surface area contributed by atoms with Gasteiger partial charge in [-0.2, -0.15) is 5.10 Å². The van der Waals surface area contributed by atoms with Crippen molar-refractivity contribution in [3.63, 3.8) is 0 Å². The van der Waals surface area contributed by atoms with Gasteiger partial charge >= 0.3 is 5.97 Å². The highest BCUT2D eigenvalue weighted by atomic mass is 35.5. The number of benzene rings is 1. The maximum absolute atomic E-state index is 13.5. The monoisotopic (exact) mass is 280 g/mol. The number of carbonyl (C=O) groups is 1. The number of nitrogens with zero attached hydrogens (tertiary/aromatic N) is 2. The van der Waals surface area contributed by atoms with Gasteiger partial charge in [0.1, 0.15) is 5.82 Å². The van der Waals surface area contributed by atoms with Crippen LogP contribution in [-0.2, 0) is 12.8 Å². The van der Waals surface area contributed by atoms with Crippen LogP contribution in [0.1, 0.15) is 28.2 Å². The predicted molar refractivity (Wildman–Crippen MR) is 67.5 cm³/mol. The van der Waals surface area contributed by atoms with E-state index in [1.807, 2.05) is 0 Å². The van der Waals surface area contributed by atoms with Crippen LogP contribution in [-0.4, -0.2) is 20.9 Å². The van der Waals surface area contributed by atoms with Gasteiger partial charge in [-0.25, -0.2) is 13.9 Å². The van der Waals surface area contributed by atoms with Crippen molar-refractivity contribution in [2.24, 2.45) is 0 Å². The van der Waals surface area contributed by atoms with Crippen molar-refractivity contribution in [2.45, 2.75) is 19.3 Å². The molecule has 2 aromatic rings. The Bertz CT molecular complexity index is 682. The number of carboxylic acids is 1. The number of carboxylic acid groups (broad SMARTS) is 1. The number of rotatable bonds is 2. The first-order valence-corrected chi connectivity index (χ1v) is 6.25. The minimum absolute atomic E-state index is 0.0333. The molecule has 3 rings (SSSR count). The van der Waals surface area contributed by atoms with E-state index in [1.54, 1.807) is 6.07 Å². The Morgan fingerprint density at radius 3 is 2.89 bits per heavy atom. The molecule has 1 aliphatic rings. The van der Waals surface area contributed by atoms with Crippen molar-refractivity contribution in [3.05, 3.63) is 46.0 Å². The van der Waals surface area contributed by atoms with E-state index in [1.165, 1.54) is 16.8 Å². The number of hydrogen-bond donors (Lipinski definition) is 1. The van der Waals surface area contributed by atoms with Crippen LogP contribution in [0.3, 0.4) is 0 Å². The Hall–Kier alpha value is -1.88. The fourth-order valence-electron chi connectivity index (χ4n) is 2.44. The van der Waals surface area contributed by atoms with Crippen molar-refractivity contribution in [1.29, 1.82) is 0 Å². The van der Waals surface area contributed by atoms with E-state index in [4.69, 9.17) is 16.7 Å². The molecule has 0 bridgehead atoms. The molecule has 6 heteroatoms. The van der Waals surface area contributed by atoms with Gasteiger partial charge in [-0.05, 0) is 31.4 Å². The van der Waals surface area contributed by atoms with Crippen LogP contribution in [0.2, 0.25) is 5.02 Å². The van der Waals surface area contributed by atoms with E-state index in [2.05, 4.69) is 5.10 Å². The van der Waals surface area contributed by atoms with E-state index in [-0.39, 0.29) is 10.7 Å². The van der Waals surface area contributed by atoms with E-state index in [0.717, 1.165) is 24.1 Å². The summed E-state index contributed by atoms with van der Waals surface area (Å²) < 4.78 is 15.0. The topological polar surface area (TPSA) is 55.1 Å². The van der Waals surface area contributed by atoms with E-state index < -0.39 is 11.8 Å². The standard InChI is InChI=1S/C13H10ClFN2O2/c14-9-5-4-7(6-10(9)15)17-11-3-1-2-8(11)12(16-17)13(18)19/h4-6H,1-3H2,(H,18,19). The maximum Gasteiger partial charge on any atom is 0.356 e. The molecule has 0 saturated carbocycles. The molecule has 4 nitrogen and oxygen atoms in total. The summed E-state index contributed by atoms with van der Waals surface area (Å²) in [6.07, 6.45) is 2.34. The molecule has 98 valence electrons. The molecular formula is C13H10ClFN2O2. The highest BCUT2D eigenvalue weighted by Gasteiger charge is 2.26. The number of fused-ring (bicyclic) bond motifs is 1. The Labute approximate surface area is 113 Å². The maximum atomic E-state index is 13.5. The zero-order valence-corrected chi connectivity index (χ0v) is 10.6. The van der Waals surface area contributed by atoms with E-state index in [9.17, 15) is 9.18 Å². The molecule has 0 unspecified atom stereocenters. The van der Waals surface area contributed by atoms with Crippen LogP contribution in [0.25, 0.3) is 5.69 Å². The van der Waals surface area contributed by atoms with E-state index in [0.29, 0.717) is 12.1 Å². The molecule has 1 aromatic carbocycles. The lowest BCUT2D eigenvalue weighted by molar-refractivity contribution is 0.0689. The summed E-state index contributed by atoms with van der Waals surface area (Å²) in [5, 5.41) is 13.2. The zero-order chi connectivity index (χ0) is 13.6. The number of hydrogen-bond acceptors (Lipinski definition) is 2. The highest BCUT2D eigenvalue weighted by molar-refractivity contribution is 6.30. The smallest absolute Gasteiger partial charge is 0.356 e. The summed E-state index contributed by atoms with van der Waals surface area (Å²) in [5.74, 6) is -1.59. The molecular weight excluding hydrogens is 271 g/mol. The number of halogens is 2. The molecule has 0 saturated heterocycles. The average molecular weight is 281 g/mol. The van der Waals surface area contributed by atoms with Crippen molar-refractivity contribution in [3.8, 4) is 5.69 Å². The van der Waals surface area contributed by atoms with Crippen molar-refractivity contribution >= 4 is 17.6 Å². The fourth-order valence-corrected chi connectivity index (χ4v) is 2.56. The summed E-state index contributed by atoms with van der Waals surface area (Å²) in [7, 11) is 0. The van der Waals surface area contributed by atoms with Crippen LogP contribution < -0.4 is 0 Å². The second-order valence-corrected chi connectivity index (χ2v) is 4.85. The predicted octanol–water partition coefficient (Wildman–Crippen LogP) is 2.85. The quantitative estimate of drug-likeness (QED) is 0.920. The fraction of sp³-hybridized carbons (Fsp3) is 0.231. The third kappa shape index (κ3) is 1.90. The molecule has 0 fully saturated rings. The van der Waals surface area contributed by atoms with Gasteiger partial charge in [-0.15, -0.1) is 0 Å². The third-order valence-electron chi connectivity index (χ3n) is 3.28. The summed E-state index contributed by atoms with van der Waals surface area (Å²) in [6.45, 7) is 0. The van der Waals surface area contributed by atoms with Gasteiger partial charge in [-0.3, -0.25) is 0 Å². The van der Waals surface area contributed by atoms with Gasteiger partial charge in [0.05, 0.1) is 10.7 Å². The summed E-state index contributed by atoms with van der Waals surface area (Å²) in [4.78, 5) is 11.2. The summed E-state index contributed by atoms with van der Waals surface area (Å²) in [6, 6.07) is 4.33. The van der Waals surface area contributed by atoms with Crippen LogP contribution in [0, 0.1) is 5.82 Å².